The maximum absolute atomic E-state index is 14.0. The van der Waals surface area contributed by atoms with Gasteiger partial charge in [0.15, 0.2) is 0 Å². The van der Waals surface area contributed by atoms with E-state index in [-0.39, 0.29) is 34.8 Å². The lowest BCUT2D eigenvalue weighted by Gasteiger charge is -2.24. The second kappa shape index (κ2) is 6.74. The van der Waals surface area contributed by atoms with E-state index in [2.05, 4.69) is 5.32 Å². The number of anilines is 2. The zero-order valence-corrected chi connectivity index (χ0v) is 14.9. The Hall–Kier alpha value is -1.83. The Kier molecular flexibility index (Phi) is 5.63. The molecule has 0 aromatic heterocycles. The third-order valence-electron chi connectivity index (χ3n) is 3.02. The van der Waals surface area contributed by atoms with Crippen molar-refractivity contribution in [2.45, 2.75) is 26.3 Å². The Morgan fingerprint density at radius 3 is 2.39 bits per heavy atom. The van der Waals surface area contributed by atoms with Crippen LogP contribution in [0.1, 0.15) is 31.1 Å². The van der Waals surface area contributed by atoms with Crippen molar-refractivity contribution in [3.63, 3.8) is 0 Å². The standard InChI is InChI=1S/C15H24FN3O3S/c1-15(2,3)18-13-8-10(12(17)9-11(13)16)14(20)19(4)6-7-23(5,21)22/h8-9,18H,6-7,17H2,1-5H3. The number of nitrogens with two attached hydrogens (primary N) is 1. The number of hydrogen-bond donors (Lipinski definition) is 2. The van der Waals surface area contributed by atoms with Gasteiger partial charge in [-0.25, -0.2) is 12.8 Å². The Morgan fingerprint density at radius 1 is 1.35 bits per heavy atom. The number of amides is 1. The molecule has 1 amide bonds. The van der Waals surface area contributed by atoms with Gasteiger partial charge in [0, 0.05) is 31.1 Å². The Morgan fingerprint density at radius 2 is 1.91 bits per heavy atom. The molecule has 0 saturated heterocycles. The van der Waals surface area contributed by atoms with Gasteiger partial charge in [0.05, 0.1) is 17.0 Å². The molecule has 0 heterocycles. The highest BCUT2D eigenvalue weighted by molar-refractivity contribution is 7.90. The van der Waals surface area contributed by atoms with E-state index in [0.717, 1.165) is 12.3 Å². The van der Waals surface area contributed by atoms with Crippen LogP contribution in [0.15, 0.2) is 12.1 Å². The molecule has 0 atom stereocenters. The highest BCUT2D eigenvalue weighted by Gasteiger charge is 2.20. The molecule has 0 bridgehead atoms. The van der Waals surface area contributed by atoms with Gasteiger partial charge in [-0.1, -0.05) is 0 Å². The lowest BCUT2D eigenvalue weighted by molar-refractivity contribution is 0.0804. The average Bonchev–Trinajstić information content (AvgIpc) is 2.36. The molecule has 3 N–H and O–H groups in total. The number of carbonyl (C=O) groups excluding carboxylic acids is 1. The van der Waals surface area contributed by atoms with Crippen molar-refractivity contribution in [1.29, 1.82) is 0 Å². The Labute approximate surface area is 136 Å². The van der Waals surface area contributed by atoms with E-state index >= 15 is 0 Å². The van der Waals surface area contributed by atoms with E-state index in [1.165, 1.54) is 18.0 Å². The largest absolute Gasteiger partial charge is 0.398 e. The van der Waals surface area contributed by atoms with Crippen molar-refractivity contribution in [1.82, 2.24) is 4.90 Å². The highest BCUT2D eigenvalue weighted by Crippen LogP contribution is 2.25. The van der Waals surface area contributed by atoms with Crippen LogP contribution < -0.4 is 11.1 Å². The SMILES string of the molecule is CN(CCS(C)(=O)=O)C(=O)c1cc(NC(C)(C)C)c(F)cc1N. The molecular weight excluding hydrogens is 321 g/mol. The van der Waals surface area contributed by atoms with Gasteiger partial charge >= 0.3 is 0 Å². The monoisotopic (exact) mass is 345 g/mol. The number of benzene rings is 1. The van der Waals surface area contributed by atoms with Crippen molar-refractivity contribution < 1.29 is 17.6 Å². The number of nitrogens with zero attached hydrogens (tertiary/aromatic N) is 1. The number of rotatable bonds is 5. The summed E-state index contributed by atoms with van der Waals surface area (Å²) in [6, 6.07) is 2.45. The molecule has 1 aromatic carbocycles. The zero-order valence-electron chi connectivity index (χ0n) is 14.1. The van der Waals surface area contributed by atoms with Crippen LogP contribution in [0.2, 0.25) is 0 Å². The Bertz CT molecular complexity index is 697. The van der Waals surface area contributed by atoms with Gasteiger partial charge in [-0.05, 0) is 32.9 Å². The fourth-order valence-electron chi connectivity index (χ4n) is 1.88. The van der Waals surface area contributed by atoms with Gasteiger partial charge in [0.25, 0.3) is 5.91 Å². The number of nitrogen functional groups attached to an aromatic ring is 1. The van der Waals surface area contributed by atoms with E-state index in [9.17, 15) is 17.6 Å². The summed E-state index contributed by atoms with van der Waals surface area (Å²) in [6.45, 7) is 5.63. The molecule has 1 rings (SSSR count). The minimum Gasteiger partial charge on any atom is -0.398 e. The summed E-state index contributed by atoms with van der Waals surface area (Å²) in [5, 5.41) is 2.97. The molecule has 0 radical (unpaired) electrons. The van der Waals surface area contributed by atoms with Crippen molar-refractivity contribution in [2.24, 2.45) is 0 Å². The van der Waals surface area contributed by atoms with Crippen LogP contribution in [0.5, 0.6) is 0 Å². The number of nitrogens with one attached hydrogen (secondary N) is 1. The summed E-state index contributed by atoms with van der Waals surface area (Å²) >= 11 is 0. The minimum atomic E-state index is -3.18. The molecule has 1 aromatic rings. The third-order valence-corrected chi connectivity index (χ3v) is 3.95. The predicted molar refractivity (Wildman–Crippen MR) is 90.9 cm³/mol. The second-order valence-electron chi connectivity index (χ2n) is 6.65. The first-order chi connectivity index (χ1) is 10.3. The van der Waals surface area contributed by atoms with E-state index in [1.54, 1.807) is 0 Å². The van der Waals surface area contributed by atoms with E-state index < -0.39 is 21.6 Å². The summed E-state index contributed by atoms with van der Waals surface area (Å²) < 4.78 is 36.4. The molecule has 0 aliphatic rings. The fourth-order valence-corrected chi connectivity index (χ4v) is 2.49. The van der Waals surface area contributed by atoms with Crippen LogP contribution in [0.25, 0.3) is 0 Å². The van der Waals surface area contributed by atoms with Crippen molar-refractivity contribution in [3.8, 4) is 0 Å². The summed E-state index contributed by atoms with van der Waals surface area (Å²) in [7, 11) is -1.70. The first kappa shape index (κ1) is 19.2. The van der Waals surface area contributed by atoms with Crippen LogP contribution in [0, 0.1) is 5.82 Å². The second-order valence-corrected chi connectivity index (χ2v) is 8.91. The summed E-state index contributed by atoms with van der Waals surface area (Å²) in [6.07, 6.45) is 1.10. The minimum absolute atomic E-state index is 0.0122. The number of hydrogen-bond acceptors (Lipinski definition) is 5. The number of sulfone groups is 1. The normalized spacial score (nSPS) is 12.1. The molecule has 8 heteroatoms. The zero-order chi connectivity index (χ0) is 18.0. The first-order valence-corrected chi connectivity index (χ1v) is 9.16. The van der Waals surface area contributed by atoms with Gasteiger partial charge in [0.1, 0.15) is 15.7 Å². The topological polar surface area (TPSA) is 92.5 Å². The molecule has 0 unspecified atom stereocenters. The van der Waals surface area contributed by atoms with E-state index in [4.69, 9.17) is 5.73 Å². The van der Waals surface area contributed by atoms with Crippen LogP contribution in [0.3, 0.4) is 0 Å². The molecule has 0 fully saturated rings. The molecule has 6 nitrogen and oxygen atoms in total. The molecule has 23 heavy (non-hydrogen) atoms. The summed E-state index contributed by atoms with van der Waals surface area (Å²) in [5.41, 5.74) is 5.67. The van der Waals surface area contributed by atoms with Gasteiger partial charge in [-0.2, -0.15) is 0 Å². The number of carbonyl (C=O) groups is 1. The quantitative estimate of drug-likeness (QED) is 0.793. The van der Waals surface area contributed by atoms with Crippen molar-refractivity contribution in [3.05, 3.63) is 23.5 Å². The van der Waals surface area contributed by atoms with Gasteiger partial charge < -0.3 is 16.0 Å². The van der Waals surface area contributed by atoms with Gasteiger partial charge in [0.2, 0.25) is 0 Å². The van der Waals surface area contributed by atoms with Crippen LogP contribution in [0.4, 0.5) is 15.8 Å². The fraction of sp³-hybridized carbons (Fsp3) is 0.533. The molecule has 0 aliphatic carbocycles. The Balaban J connectivity index is 3.06. The molecule has 0 spiro atoms. The van der Waals surface area contributed by atoms with Crippen LogP contribution >= 0.6 is 0 Å². The summed E-state index contributed by atoms with van der Waals surface area (Å²) in [4.78, 5) is 13.7. The highest BCUT2D eigenvalue weighted by atomic mass is 32.2. The number of halogens is 1. The maximum atomic E-state index is 14.0. The third kappa shape index (κ3) is 6.05. The van der Waals surface area contributed by atoms with Crippen LogP contribution in [-0.2, 0) is 9.84 Å². The van der Waals surface area contributed by atoms with Gasteiger partial charge in [-0.15, -0.1) is 0 Å². The smallest absolute Gasteiger partial charge is 0.255 e. The van der Waals surface area contributed by atoms with E-state index in [1.807, 2.05) is 20.8 Å². The van der Waals surface area contributed by atoms with E-state index in [0.29, 0.717) is 0 Å². The average molecular weight is 345 g/mol. The van der Waals surface area contributed by atoms with Crippen molar-refractivity contribution >= 4 is 27.1 Å². The molecule has 0 saturated carbocycles. The van der Waals surface area contributed by atoms with Crippen LogP contribution in [-0.4, -0.2) is 50.4 Å². The first-order valence-electron chi connectivity index (χ1n) is 7.10. The predicted octanol–water partition coefficient (Wildman–Crippen LogP) is 1.73. The molecule has 130 valence electrons. The van der Waals surface area contributed by atoms with Crippen molar-refractivity contribution in [2.75, 3.05) is 36.7 Å². The molecule has 0 aliphatic heterocycles. The lowest BCUT2D eigenvalue weighted by atomic mass is 10.1. The van der Waals surface area contributed by atoms with Gasteiger partial charge in [-0.3, -0.25) is 4.79 Å². The maximum Gasteiger partial charge on any atom is 0.255 e. The summed E-state index contributed by atoms with van der Waals surface area (Å²) in [5.74, 6) is -1.15. The molecular formula is C15H24FN3O3S. The lowest BCUT2D eigenvalue weighted by Crippen LogP contribution is -2.32.